The zero-order chi connectivity index (χ0) is 23.2. The predicted molar refractivity (Wildman–Crippen MR) is 143 cm³/mol. The summed E-state index contributed by atoms with van der Waals surface area (Å²) in [4.78, 5) is 9.08. The van der Waals surface area contributed by atoms with Crippen molar-refractivity contribution in [3.05, 3.63) is 122 Å². The molecule has 0 radical (unpaired) electrons. The molecule has 0 bridgehead atoms. The molecular weight excluding hydrogens is 428 g/mol. The SMILES string of the molecule is c1ccc(-c2ccnc(-c3cccc4c3oc3c(-c5cccc6ccncc56)cccc34)c2)cc1. The third-order valence-corrected chi connectivity index (χ3v) is 6.64. The van der Waals surface area contributed by atoms with Crippen molar-refractivity contribution in [3.8, 4) is 33.5 Å². The molecule has 164 valence electrons. The monoisotopic (exact) mass is 448 g/mol. The molecule has 7 aromatic rings. The van der Waals surface area contributed by atoms with Gasteiger partial charge < -0.3 is 4.42 Å². The molecule has 0 fully saturated rings. The summed E-state index contributed by atoms with van der Waals surface area (Å²) in [5.74, 6) is 0. The van der Waals surface area contributed by atoms with E-state index in [1.807, 2.05) is 36.8 Å². The molecule has 3 heterocycles. The summed E-state index contributed by atoms with van der Waals surface area (Å²) in [6, 6.07) is 35.6. The van der Waals surface area contributed by atoms with Crippen molar-refractivity contribution in [1.29, 1.82) is 0 Å². The van der Waals surface area contributed by atoms with Gasteiger partial charge in [-0.2, -0.15) is 0 Å². The quantitative estimate of drug-likeness (QED) is 0.272. The molecule has 0 N–H and O–H groups in total. The highest BCUT2D eigenvalue weighted by molar-refractivity contribution is 6.14. The van der Waals surface area contributed by atoms with E-state index in [0.29, 0.717) is 0 Å². The molecule has 0 unspecified atom stereocenters. The van der Waals surface area contributed by atoms with Crippen LogP contribution in [-0.4, -0.2) is 9.97 Å². The lowest BCUT2D eigenvalue weighted by Crippen LogP contribution is -1.86. The number of hydrogen-bond donors (Lipinski definition) is 0. The van der Waals surface area contributed by atoms with Gasteiger partial charge in [-0.25, -0.2) is 0 Å². The van der Waals surface area contributed by atoms with Gasteiger partial charge >= 0.3 is 0 Å². The van der Waals surface area contributed by atoms with Crippen molar-refractivity contribution in [3.63, 3.8) is 0 Å². The van der Waals surface area contributed by atoms with E-state index in [9.17, 15) is 0 Å². The Kier molecular flexibility index (Phi) is 4.46. The Morgan fingerprint density at radius 3 is 2.11 bits per heavy atom. The number of fused-ring (bicyclic) bond motifs is 4. The summed E-state index contributed by atoms with van der Waals surface area (Å²) in [5.41, 5.74) is 8.10. The lowest BCUT2D eigenvalue weighted by atomic mass is 9.97. The molecule has 0 aliphatic carbocycles. The van der Waals surface area contributed by atoms with Gasteiger partial charge in [0.1, 0.15) is 11.2 Å². The molecule has 35 heavy (non-hydrogen) atoms. The molecule has 0 aliphatic heterocycles. The number of aromatic nitrogens is 2. The molecule has 0 aliphatic rings. The van der Waals surface area contributed by atoms with Crippen LogP contribution in [0.25, 0.3) is 66.2 Å². The smallest absolute Gasteiger partial charge is 0.144 e. The molecule has 3 aromatic heterocycles. The van der Waals surface area contributed by atoms with Crippen molar-refractivity contribution in [2.75, 3.05) is 0 Å². The van der Waals surface area contributed by atoms with E-state index in [2.05, 4.69) is 89.9 Å². The van der Waals surface area contributed by atoms with Gasteiger partial charge in [-0.3, -0.25) is 9.97 Å². The fraction of sp³-hybridized carbons (Fsp3) is 0. The second-order valence-corrected chi connectivity index (χ2v) is 8.66. The minimum Gasteiger partial charge on any atom is -0.455 e. The van der Waals surface area contributed by atoms with Crippen LogP contribution in [0.3, 0.4) is 0 Å². The first-order chi connectivity index (χ1) is 17.4. The van der Waals surface area contributed by atoms with Gasteiger partial charge in [0.25, 0.3) is 0 Å². The molecular formula is C32H20N2O. The maximum atomic E-state index is 6.66. The van der Waals surface area contributed by atoms with Crippen molar-refractivity contribution in [2.24, 2.45) is 0 Å². The van der Waals surface area contributed by atoms with Crippen molar-refractivity contribution >= 4 is 32.7 Å². The molecule has 0 saturated carbocycles. The Labute approximate surface area is 202 Å². The van der Waals surface area contributed by atoms with Crippen molar-refractivity contribution < 1.29 is 4.42 Å². The second-order valence-electron chi connectivity index (χ2n) is 8.66. The summed E-state index contributed by atoms with van der Waals surface area (Å²) in [6.45, 7) is 0. The molecule has 0 saturated heterocycles. The predicted octanol–water partition coefficient (Wildman–Crippen LogP) is 8.53. The zero-order valence-corrected chi connectivity index (χ0v) is 18.8. The lowest BCUT2D eigenvalue weighted by molar-refractivity contribution is 0.671. The van der Waals surface area contributed by atoms with Crippen LogP contribution < -0.4 is 0 Å². The van der Waals surface area contributed by atoms with Gasteiger partial charge in [-0.05, 0) is 46.3 Å². The van der Waals surface area contributed by atoms with E-state index in [4.69, 9.17) is 9.40 Å². The highest BCUT2D eigenvalue weighted by atomic mass is 16.3. The number of nitrogens with zero attached hydrogens (tertiary/aromatic N) is 2. The molecule has 4 aromatic carbocycles. The van der Waals surface area contributed by atoms with E-state index in [-0.39, 0.29) is 0 Å². The van der Waals surface area contributed by atoms with Crippen molar-refractivity contribution in [2.45, 2.75) is 0 Å². The fourth-order valence-electron chi connectivity index (χ4n) is 4.97. The largest absolute Gasteiger partial charge is 0.455 e. The highest BCUT2D eigenvalue weighted by Crippen LogP contribution is 2.41. The summed E-state index contributed by atoms with van der Waals surface area (Å²) >= 11 is 0. The van der Waals surface area contributed by atoms with Crippen LogP contribution in [-0.2, 0) is 0 Å². The molecule has 0 amide bonds. The maximum absolute atomic E-state index is 6.66. The fourth-order valence-corrected chi connectivity index (χ4v) is 4.97. The molecule has 7 rings (SSSR count). The van der Waals surface area contributed by atoms with Gasteiger partial charge in [0.05, 0.1) is 5.69 Å². The number of para-hydroxylation sites is 2. The first-order valence-electron chi connectivity index (χ1n) is 11.7. The standard InChI is InChI=1S/C32H20N2O/c1-2-7-21(8-3-1)23-16-18-34-30(19-23)28-14-6-13-27-26-12-5-11-25(31(26)35-32(27)28)24-10-4-9-22-15-17-33-20-29(22)24/h1-20H. The third kappa shape index (κ3) is 3.21. The van der Waals surface area contributed by atoms with Crippen LogP contribution in [0.2, 0.25) is 0 Å². The van der Waals surface area contributed by atoms with E-state index < -0.39 is 0 Å². The van der Waals surface area contributed by atoms with Crippen LogP contribution >= 0.6 is 0 Å². The van der Waals surface area contributed by atoms with Crippen LogP contribution in [0.15, 0.2) is 126 Å². The third-order valence-electron chi connectivity index (χ3n) is 6.64. The summed E-state index contributed by atoms with van der Waals surface area (Å²) < 4.78 is 6.66. The average Bonchev–Trinajstić information content (AvgIpc) is 3.32. The van der Waals surface area contributed by atoms with Crippen LogP contribution in [0, 0.1) is 0 Å². The minimum absolute atomic E-state index is 0.853. The van der Waals surface area contributed by atoms with Crippen LogP contribution in [0.4, 0.5) is 0 Å². The second kappa shape index (κ2) is 7.93. The Hall–Kier alpha value is -4.76. The Morgan fingerprint density at radius 2 is 1.26 bits per heavy atom. The Balaban J connectivity index is 1.46. The Bertz CT molecular complexity index is 1850. The first-order valence-corrected chi connectivity index (χ1v) is 11.7. The number of rotatable bonds is 3. The van der Waals surface area contributed by atoms with Crippen LogP contribution in [0.5, 0.6) is 0 Å². The topological polar surface area (TPSA) is 38.9 Å². The summed E-state index contributed by atoms with van der Waals surface area (Å²) in [5, 5.41) is 4.46. The van der Waals surface area contributed by atoms with Crippen LogP contribution in [0.1, 0.15) is 0 Å². The van der Waals surface area contributed by atoms with Gasteiger partial charge in [0.2, 0.25) is 0 Å². The lowest BCUT2D eigenvalue weighted by Gasteiger charge is -2.07. The summed E-state index contributed by atoms with van der Waals surface area (Å²) in [6.07, 6.45) is 5.63. The van der Waals surface area contributed by atoms with E-state index in [1.54, 1.807) is 0 Å². The normalized spacial score (nSPS) is 11.4. The van der Waals surface area contributed by atoms with Gasteiger partial charge in [-0.15, -0.1) is 0 Å². The summed E-state index contributed by atoms with van der Waals surface area (Å²) in [7, 11) is 0. The van der Waals surface area contributed by atoms with E-state index in [0.717, 1.165) is 60.7 Å². The van der Waals surface area contributed by atoms with Gasteiger partial charge in [0.15, 0.2) is 0 Å². The number of benzene rings is 4. The average molecular weight is 449 g/mol. The number of furan rings is 1. The van der Waals surface area contributed by atoms with E-state index >= 15 is 0 Å². The van der Waals surface area contributed by atoms with Gasteiger partial charge in [-0.1, -0.05) is 78.9 Å². The number of pyridine rings is 2. The molecule has 3 nitrogen and oxygen atoms in total. The molecule has 0 spiro atoms. The number of hydrogen-bond acceptors (Lipinski definition) is 3. The first kappa shape index (κ1) is 19.7. The zero-order valence-electron chi connectivity index (χ0n) is 18.8. The Morgan fingerprint density at radius 1 is 0.514 bits per heavy atom. The molecule has 0 atom stereocenters. The highest BCUT2D eigenvalue weighted by Gasteiger charge is 2.17. The van der Waals surface area contributed by atoms with Gasteiger partial charge in [0, 0.05) is 45.9 Å². The molecule has 3 heteroatoms. The van der Waals surface area contributed by atoms with E-state index in [1.165, 1.54) is 5.56 Å². The minimum atomic E-state index is 0.853. The van der Waals surface area contributed by atoms with Crippen molar-refractivity contribution in [1.82, 2.24) is 9.97 Å². The maximum Gasteiger partial charge on any atom is 0.144 e.